The van der Waals surface area contributed by atoms with E-state index >= 15 is 0 Å². The van der Waals surface area contributed by atoms with Gasteiger partial charge < -0.3 is 9.80 Å². The van der Waals surface area contributed by atoms with Gasteiger partial charge in [-0.2, -0.15) is 0 Å². The second-order valence-corrected chi connectivity index (χ2v) is 7.98. The number of amides is 1. The van der Waals surface area contributed by atoms with E-state index in [-0.39, 0.29) is 5.91 Å². The lowest BCUT2D eigenvalue weighted by Gasteiger charge is -2.21. The zero-order chi connectivity index (χ0) is 19.8. The average Bonchev–Trinajstić information content (AvgIpc) is 3.34. The Morgan fingerprint density at radius 2 is 1.59 bits per heavy atom. The lowest BCUT2D eigenvalue weighted by Crippen LogP contribution is -2.33. The summed E-state index contributed by atoms with van der Waals surface area (Å²) in [6, 6.07) is 13.9. The van der Waals surface area contributed by atoms with E-state index in [0.29, 0.717) is 17.4 Å². The number of benzene rings is 1. The standard InChI is InChI=1S/C23H23N5O/c1-16-3-5-17(6-4-16)21-8-7-18(11-26-21)22(29)27-12-19-14-28(15-20(19)13-27)23-24-9-2-10-25-23/h2-11,19-20H,12-15H2,1H3. The molecule has 2 unspecified atom stereocenters. The molecule has 6 heteroatoms. The number of anilines is 1. The van der Waals surface area contributed by atoms with Gasteiger partial charge in [0.15, 0.2) is 0 Å². The second-order valence-electron chi connectivity index (χ2n) is 7.98. The molecule has 0 saturated carbocycles. The Labute approximate surface area is 170 Å². The summed E-state index contributed by atoms with van der Waals surface area (Å²) in [6.07, 6.45) is 5.26. The largest absolute Gasteiger partial charge is 0.340 e. The number of pyridine rings is 1. The lowest BCUT2D eigenvalue weighted by molar-refractivity contribution is 0.0782. The molecule has 0 aliphatic carbocycles. The number of likely N-dealkylation sites (tertiary alicyclic amines) is 1. The number of hydrogen-bond acceptors (Lipinski definition) is 5. The molecule has 4 heterocycles. The lowest BCUT2D eigenvalue weighted by atomic mass is 10.0. The van der Waals surface area contributed by atoms with Crippen LogP contribution in [0.25, 0.3) is 11.3 Å². The van der Waals surface area contributed by atoms with Gasteiger partial charge in [-0.3, -0.25) is 9.78 Å². The summed E-state index contributed by atoms with van der Waals surface area (Å²) in [6.45, 7) is 5.45. The maximum absolute atomic E-state index is 13.0. The zero-order valence-corrected chi connectivity index (χ0v) is 16.4. The first-order valence-electron chi connectivity index (χ1n) is 10.0. The van der Waals surface area contributed by atoms with E-state index in [1.807, 2.05) is 23.1 Å². The molecule has 1 amide bonds. The highest BCUT2D eigenvalue weighted by Crippen LogP contribution is 2.33. The van der Waals surface area contributed by atoms with Gasteiger partial charge in [0.2, 0.25) is 5.95 Å². The van der Waals surface area contributed by atoms with E-state index in [1.165, 1.54) is 5.56 Å². The van der Waals surface area contributed by atoms with Gasteiger partial charge in [-0.05, 0) is 25.1 Å². The Hall–Kier alpha value is -3.28. The molecule has 2 atom stereocenters. The molecule has 5 rings (SSSR count). The number of carbonyl (C=O) groups is 1. The van der Waals surface area contributed by atoms with Crippen molar-refractivity contribution in [3.63, 3.8) is 0 Å². The fraction of sp³-hybridized carbons (Fsp3) is 0.304. The molecule has 0 bridgehead atoms. The van der Waals surface area contributed by atoms with Crippen molar-refractivity contribution in [3.05, 3.63) is 72.2 Å². The Bertz CT molecular complexity index is 990. The summed E-state index contributed by atoms with van der Waals surface area (Å²) >= 11 is 0. The molecule has 2 aromatic heterocycles. The summed E-state index contributed by atoms with van der Waals surface area (Å²) in [5, 5.41) is 0. The van der Waals surface area contributed by atoms with Crippen molar-refractivity contribution >= 4 is 11.9 Å². The molecule has 6 nitrogen and oxygen atoms in total. The van der Waals surface area contributed by atoms with Crippen LogP contribution in [0, 0.1) is 18.8 Å². The quantitative estimate of drug-likeness (QED) is 0.693. The smallest absolute Gasteiger partial charge is 0.255 e. The van der Waals surface area contributed by atoms with Gasteiger partial charge in [0, 0.05) is 62.2 Å². The van der Waals surface area contributed by atoms with Gasteiger partial charge in [-0.1, -0.05) is 29.8 Å². The summed E-state index contributed by atoms with van der Waals surface area (Å²) in [5.41, 5.74) is 3.83. The third-order valence-corrected chi connectivity index (χ3v) is 5.97. The minimum Gasteiger partial charge on any atom is -0.340 e. The maximum atomic E-state index is 13.0. The van der Waals surface area contributed by atoms with Gasteiger partial charge in [-0.25, -0.2) is 9.97 Å². The van der Waals surface area contributed by atoms with Crippen molar-refractivity contribution < 1.29 is 4.79 Å². The fourth-order valence-electron chi connectivity index (χ4n) is 4.37. The highest BCUT2D eigenvalue weighted by molar-refractivity contribution is 5.94. The number of aromatic nitrogens is 3. The Kier molecular flexibility index (Phi) is 4.46. The normalized spacial score (nSPS) is 20.7. The molecular formula is C23H23N5O. The predicted octanol–water partition coefficient (Wildman–Crippen LogP) is 3.06. The van der Waals surface area contributed by atoms with Gasteiger partial charge in [0.05, 0.1) is 11.3 Å². The maximum Gasteiger partial charge on any atom is 0.255 e. The summed E-state index contributed by atoms with van der Waals surface area (Å²) in [7, 11) is 0. The van der Waals surface area contributed by atoms with Crippen molar-refractivity contribution in [1.82, 2.24) is 19.9 Å². The number of aryl methyl sites for hydroxylation is 1. The van der Waals surface area contributed by atoms with Crippen molar-refractivity contribution in [1.29, 1.82) is 0 Å². The number of fused-ring (bicyclic) bond motifs is 1. The molecule has 0 N–H and O–H groups in total. The molecule has 2 fully saturated rings. The number of hydrogen-bond donors (Lipinski definition) is 0. The third kappa shape index (κ3) is 3.46. The van der Waals surface area contributed by atoms with E-state index < -0.39 is 0 Å². The van der Waals surface area contributed by atoms with Crippen LogP contribution in [-0.2, 0) is 0 Å². The molecule has 146 valence electrons. The van der Waals surface area contributed by atoms with Crippen LogP contribution < -0.4 is 4.90 Å². The molecular weight excluding hydrogens is 362 g/mol. The second kappa shape index (κ2) is 7.28. The van der Waals surface area contributed by atoms with Crippen molar-refractivity contribution in [3.8, 4) is 11.3 Å². The van der Waals surface area contributed by atoms with Crippen LogP contribution in [0.5, 0.6) is 0 Å². The van der Waals surface area contributed by atoms with Crippen LogP contribution in [0.2, 0.25) is 0 Å². The van der Waals surface area contributed by atoms with E-state index in [0.717, 1.165) is 43.4 Å². The van der Waals surface area contributed by atoms with E-state index in [2.05, 4.69) is 51.0 Å². The van der Waals surface area contributed by atoms with E-state index in [4.69, 9.17) is 0 Å². The number of carbonyl (C=O) groups excluding carboxylic acids is 1. The van der Waals surface area contributed by atoms with Gasteiger partial charge in [0.25, 0.3) is 5.91 Å². The third-order valence-electron chi connectivity index (χ3n) is 5.97. The van der Waals surface area contributed by atoms with Crippen LogP contribution in [-0.4, -0.2) is 51.9 Å². The summed E-state index contributed by atoms with van der Waals surface area (Å²) in [5.74, 6) is 1.81. The summed E-state index contributed by atoms with van der Waals surface area (Å²) in [4.78, 5) is 30.4. The Balaban J connectivity index is 1.24. The molecule has 0 radical (unpaired) electrons. The van der Waals surface area contributed by atoms with E-state index in [9.17, 15) is 4.79 Å². The predicted molar refractivity (Wildman–Crippen MR) is 112 cm³/mol. The molecule has 2 aliphatic rings. The minimum absolute atomic E-state index is 0.0740. The summed E-state index contributed by atoms with van der Waals surface area (Å²) < 4.78 is 0. The van der Waals surface area contributed by atoms with Gasteiger partial charge in [0.1, 0.15) is 0 Å². The zero-order valence-electron chi connectivity index (χ0n) is 16.4. The molecule has 29 heavy (non-hydrogen) atoms. The van der Waals surface area contributed by atoms with Gasteiger partial charge >= 0.3 is 0 Å². The van der Waals surface area contributed by atoms with Crippen molar-refractivity contribution in [2.75, 3.05) is 31.1 Å². The van der Waals surface area contributed by atoms with Crippen molar-refractivity contribution in [2.24, 2.45) is 11.8 Å². The average molecular weight is 385 g/mol. The van der Waals surface area contributed by atoms with Crippen LogP contribution >= 0.6 is 0 Å². The fourth-order valence-corrected chi connectivity index (χ4v) is 4.37. The molecule has 2 aliphatic heterocycles. The Morgan fingerprint density at radius 1 is 0.897 bits per heavy atom. The van der Waals surface area contributed by atoms with Crippen LogP contribution in [0.15, 0.2) is 61.1 Å². The molecule has 1 aromatic carbocycles. The van der Waals surface area contributed by atoms with Gasteiger partial charge in [-0.15, -0.1) is 0 Å². The number of rotatable bonds is 3. The first kappa shape index (κ1) is 17.8. The van der Waals surface area contributed by atoms with Crippen LogP contribution in [0.1, 0.15) is 15.9 Å². The first-order chi connectivity index (χ1) is 14.2. The van der Waals surface area contributed by atoms with Crippen molar-refractivity contribution in [2.45, 2.75) is 6.92 Å². The molecule has 0 spiro atoms. The first-order valence-corrected chi connectivity index (χ1v) is 10.0. The number of nitrogens with zero attached hydrogens (tertiary/aromatic N) is 5. The van der Waals surface area contributed by atoms with E-state index in [1.54, 1.807) is 18.6 Å². The topological polar surface area (TPSA) is 62.2 Å². The molecule has 3 aromatic rings. The Morgan fingerprint density at radius 3 is 2.21 bits per heavy atom. The highest BCUT2D eigenvalue weighted by atomic mass is 16.2. The SMILES string of the molecule is Cc1ccc(-c2ccc(C(=O)N3CC4CN(c5ncccn5)CC4C3)cn2)cc1. The monoisotopic (exact) mass is 385 g/mol. The highest BCUT2D eigenvalue weighted by Gasteiger charge is 2.42. The van der Waals surface area contributed by atoms with Crippen LogP contribution in [0.4, 0.5) is 5.95 Å². The van der Waals surface area contributed by atoms with Crippen LogP contribution in [0.3, 0.4) is 0 Å². The molecule has 2 saturated heterocycles. The minimum atomic E-state index is 0.0740.